The van der Waals surface area contributed by atoms with Crippen molar-refractivity contribution in [2.45, 2.75) is 20.8 Å². The molecule has 0 aliphatic carbocycles. The number of nitrogens with zero attached hydrogens (tertiary/aromatic N) is 7. The number of fused-ring (bicyclic) bond motifs is 2. The lowest BCUT2D eigenvalue weighted by molar-refractivity contribution is 0.102. The number of benzene rings is 1. The van der Waals surface area contributed by atoms with Crippen LogP contribution in [0.15, 0.2) is 30.3 Å². The Morgan fingerprint density at radius 2 is 1.66 bits per heavy atom. The fourth-order valence-corrected chi connectivity index (χ4v) is 4.32. The third kappa shape index (κ3) is 2.89. The third-order valence-corrected chi connectivity index (χ3v) is 5.99. The number of aromatic nitrogens is 7. The summed E-state index contributed by atoms with van der Waals surface area (Å²) in [5.41, 5.74) is 7.13. The van der Waals surface area contributed by atoms with Crippen molar-refractivity contribution in [3.63, 3.8) is 0 Å². The summed E-state index contributed by atoms with van der Waals surface area (Å²) in [5, 5.41) is 12.7. The fraction of sp³-hybridized carbons (Fsp3) is 0.261. The second kappa shape index (κ2) is 7.01. The maximum absolute atomic E-state index is 13.5. The maximum atomic E-state index is 13.5. The molecule has 5 rings (SSSR count). The van der Waals surface area contributed by atoms with Crippen molar-refractivity contribution in [3.05, 3.63) is 53.0 Å². The van der Waals surface area contributed by atoms with Crippen LogP contribution >= 0.6 is 0 Å². The van der Waals surface area contributed by atoms with Crippen LogP contribution in [0.1, 0.15) is 27.4 Å². The summed E-state index contributed by atoms with van der Waals surface area (Å²) in [4.78, 5) is 23.0. The molecule has 0 radical (unpaired) electrons. The number of aryl methyl sites for hydroxylation is 5. The summed E-state index contributed by atoms with van der Waals surface area (Å²) >= 11 is 0. The van der Waals surface area contributed by atoms with Crippen LogP contribution in [-0.4, -0.2) is 40.0 Å². The van der Waals surface area contributed by atoms with E-state index in [0.717, 1.165) is 39.1 Å². The van der Waals surface area contributed by atoms with Gasteiger partial charge in [-0.25, -0.2) is 9.97 Å². The highest BCUT2D eigenvalue weighted by atomic mass is 16.1. The number of amides is 1. The number of carbonyl (C=O) groups is 1. The van der Waals surface area contributed by atoms with Gasteiger partial charge in [-0.15, -0.1) is 0 Å². The first kappa shape index (κ1) is 19.9. The van der Waals surface area contributed by atoms with Gasteiger partial charge in [-0.1, -0.05) is 12.1 Å². The molecule has 9 nitrogen and oxygen atoms in total. The molecule has 0 unspecified atom stereocenters. The summed E-state index contributed by atoms with van der Waals surface area (Å²) < 4.78 is 5.41. The largest absolute Gasteiger partial charge is 0.313 e. The molecular weight excluding hydrogens is 404 g/mol. The van der Waals surface area contributed by atoms with Crippen LogP contribution in [-0.2, 0) is 21.1 Å². The molecule has 4 heterocycles. The van der Waals surface area contributed by atoms with Gasteiger partial charge in [-0.05, 0) is 39.0 Å². The van der Waals surface area contributed by atoms with Gasteiger partial charge in [-0.2, -0.15) is 10.2 Å². The van der Waals surface area contributed by atoms with E-state index in [4.69, 9.17) is 4.98 Å². The highest BCUT2D eigenvalue weighted by Gasteiger charge is 2.23. The number of rotatable bonds is 3. The summed E-state index contributed by atoms with van der Waals surface area (Å²) in [7, 11) is 5.62. The lowest BCUT2D eigenvalue weighted by Gasteiger charge is -2.10. The number of nitrogens with one attached hydrogen (secondary N) is 1. The van der Waals surface area contributed by atoms with Gasteiger partial charge in [0.2, 0.25) is 5.95 Å². The SMILES string of the molecule is Cc1nn(C)c(C)c1-c1cc(C(=O)Nc2nc3ccccc3n2C)c2c(C)nn(C)c2n1. The number of carbonyl (C=O) groups excluding carboxylic acids is 1. The molecule has 32 heavy (non-hydrogen) atoms. The number of para-hydroxylation sites is 2. The Balaban J connectivity index is 1.68. The molecule has 5 aromatic rings. The first-order chi connectivity index (χ1) is 15.3. The molecule has 0 saturated carbocycles. The van der Waals surface area contributed by atoms with Gasteiger partial charge in [0.1, 0.15) is 0 Å². The predicted octanol–water partition coefficient (Wildman–Crippen LogP) is 3.43. The van der Waals surface area contributed by atoms with Crippen LogP contribution < -0.4 is 5.32 Å². The highest BCUT2D eigenvalue weighted by Crippen LogP contribution is 2.31. The van der Waals surface area contributed by atoms with Crippen LogP contribution in [0.5, 0.6) is 0 Å². The molecule has 0 aliphatic heterocycles. The van der Waals surface area contributed by atoms with Crippen molar-refractivity contribution in [2.24, 2.45) is 21.1 Å². The second-order valence-corrected chi connectivity index (χ2v) is 8.07. The lowest BCUT2D eigenvalue weighted by Crippen LogP contribution is -2.16. The summed E-state index contributed by atoms with van der Waals surface area (Å²) in [5.74, 6) is 0.227. The van der Waals surface area contributed by atoms with Crippen LogP contribution in [0.3, 0.4) is 0 Å². The van der Waals surface area contributed by atoms with Gasteiger partial charge in [0.15, 0.2) is 5.65 Å². The van der Waals surface area contributed by atoms with E-state index >= 15 is 0 Å². The van der Waals surface area contributed by atoms with Gasteiger partial charge in [-0.3, -0.25) is 19.5 Å². The van der Waals surface area contributed by atoms with Crippen LogP contribution in [0.25, 0.3) is 33.3 Å². The Labute approximate surface area is 184 Å². The fourth-order valence-electron chi connectivity index (χ4n) is 4.32. The molecule has 0 fully saturated rings. The van der Waals surface area contributed by atoms with Crippen LogP contribution in [0.4, 0.5) is 5.95 Å². The Hall–Kier alpha value is -4.01. The van der Waals surface area contributed by atoms with E-state index in [1.807, 2.05) is 81.5 Å². The zero-order valence-electron chi connectivity index (χ0n) is 18.9. The van der Waals surface area contributed by atoms with E-state index in [9.17, 15) is 4.79 Å². The quantitative estimate of drug-likeness (QED) is 0.475. The third-order valence-electron chi connectivity index (χ3n) is 5.99. The van der Waals surface area contributed by atoms with E-state index in [-0.39, 0.29) is 5.91 Å². The minimum Gasteiger partial charge on any atom is -0.313 e. The first-order valence-corrected chi connectivity index (χ1v) is 10.3. The molecule has 0 saturated heterocycles. The summed E-state index contributed by atoms with van der Waals surface area (Å²) in [6, 6.07) is 9.60. The molecular formula is C23H24N8O. The molecule has 162 valence electrons. The van der Waals surface area contributed by atoms with Crippen molar-refractivity contribution in [2.75, 3.05) is 5.32 Å². The van der Waals surface area contributed by atoms with E-state index in [0.29, 0.717) is 22.9 Å². The van der Waals surface area contributed by atoms with Crippen molar-refractivity contribution in [1.82, 2.24) is 34.1 Å². The Kier molecular flexibility index (Phi) is 4.37. The van der Waals surface area contributed by atoms with Gasteiger partial charge >= 0.3 is 0 Å². The average Bonchev–Trinajstić information content (AvgIpc) is 3.32. The van der Waals surface area contributed by atoms with Gasteiger partial charge in [0, 0.05) is 32.4 Å². The minimum absolute atomic E-state index is 0.257. The van der Waals surface area contributed by atoms with Crippen LogP contribution in [0.2, 0.25) is 0 Å². The van der Waals surface area contributed by atoms with Gasteiger partial charge in [0.05, 0.1) is 39.1 Å². The Bertz CT molecular complexity index is 1540. The molecule has 4 aromatic heterocycles. The molecule has 0 atom stereocenters. The van der Waals surface area contributed by atoms with E-state index in [1.54, 1.807) is 4.68 Å². The number of pyridine rings is 1. The molecule has 0 bridgehead atoms. The molecule has 0 spiro atoms. The normalized spacial score (nSPS) is 11.6. The Morgan fingerprint density at radius 3 is 2.34 bits per heavy atom. The predicted molar refractivity (Wildman–Crippen MR) is 124 cm³/mol. The molecule has 1 aromatic carbocycles. The molecule has 1 amide bonds. The van der Waals surface area contributed by atoms with E-state index in [2.05, 4.69) is 20.5 Å². The second-order valence-electron chi connectivity index (χ2n) is 8.07. The number of anilines is 1. The van der Waals surface area contributed by atoms with Crippen molar-refractivity contribution in [1.29, 1.82) is 0 Å². The Morgan fingerprint density at radius 1 is 0.938 bits per heavy atom. The summed E-state index contributed by atoms with van der Waals surface area (Å²) in [6.45, 7) is 5.83. The van der Waals surface area contributed by atoms with Gasteiger partial charge in [0.25, 0.3) is 5.91 Å². The monoisotopic (exact) mass is 428 g/mol. The van der Waals surface area contributed by atoms with Crippen LogP contribution in [0, 0.1) is 20.8 Å². The van der Waals surface area contributed by atoms with E-state index < -0.39 is 0 Å². The van der Waals surface area contributed by atoms with Crippen molar-refractivity contribution in [3.8, 4) is 11.3 Å². The average molecular weight is 429 g/mol. The molecule has 0 aliphatic rings. The highest BCUT2D eigenvalue weighted by molar-refractivity contribution is 6.13. The topological polar surface area (TPSA) is 95.5 Å². The van der Waals surface area contributed by atoms with Crippen molar-refractivity contribution >= 4 is 33.9 Å². The molecule has 9 heteroatoms. The standard InChI is InChI=1S/C23H24N8O/c1-12-19(14(3)30(5)27-12)17-11-15(20-13(2)28-31(6)21(20)24-17)22(32)26-23-25-16-9-7-8-10-18(16)29(23)4/h7-11H,1-6H3,(H,25,26,32). The smallest absolute Gasteiger partial charge is 0.258 e. The lowest BCUT2D eigenvalue weighted by atomic mass is 10.0. The first-order valence-electron chi connectivity index (χ1n) is 10.3. The van der Waals surface area contributed by atoms with Gasteiger partial charge < -0.3 is 4.57 Å². The number of imidazole rings is 1. The zero-order chi connectivity index (χ0) is 22.7. The minimum atomic E-state index is -0.257. The number of hydrogen-bond donors (Lipinski definition) is 1. The number of hydrogen-bond acceptors (Lipinski definition) is 5. The summed E-state index contributed by atoms with van der Waals surface area (Å²) in [6.07, 6.45) is 0. The molecule has 1 N–H and O–H groups in total. The van der Waals surface area contributed by atoms with E-state index in [1.165, 1.54) is 0 Å². The zero-order valence-corrected chi connectivity index (χ0v) is 18.9. The van der Waals surface area contributed by atoms with Crippen molar-refractivity contribution < 1.29 is 4.79 Å². The maximum Gasteiger partial charge on any atom is 0.258 e.